The van der Waals surface area contributed by atoms with Gasteiger partial charge in [-0.1, -0.05) is 44.7 Å². The molecule has 4 rings (SSSR count). The molecule has 0 aliphatic heterocycles. The summed E-state index contributed by atoms with van der Waals surface area (Å²) in [5.74, 6) is -1.39. The minimum Gasteiger partial charge on any atom is -0.477 e. The molecule has 0 spiro atoms. The first-order valence-electron chi connectivity index (χ1n) is 12.3. The Labute approximate surface area is 214 Å². The zero-order valence-electron chi connectivity index (χ0n) is 20.5. The summed E-state index contributed by atoms with van der Waals surface area (Å²) < 4.78 is 29.6. The van der Waals surface area contributed by atoms with Gasteiger partial charge in [0, 0.05) is 24.8 Å². The van der Waals surface area contributed by atoms with Gasteiger partial charge < -0.3 is 9.67 Å². The Morgan fingerprint density at radius 2 is 1.81 bits per heavy atom. The van der Waals surface area contributed by atoms with E-state index < -0.39 is 31.9 Å². The molecule has 2 N–H and O–H groups in total. The molecule has 196 valence electrons. The SMILES string of the molecule is CCCCCCCNS(=O)(=O)c1ccc(-c2cc3c(cc2[N+](=O)[O-])c(=O)c(C(=O)O)cn3C2CC2)cc1. The van der Waals surface area contributed by atoms with E-state index in [2.05, 4.69) is 11.6 Å². The molecular formula is C26H29N3O7S. The molecule has 2 aromatic carbocycles. The number of carbonyl (C=O) groups is 1. The summed E-state index contributed by atoms with van der Waals surface area (Å²) >= 11 is 0. The lowest BCUT2D eigenvalue weighted by Crippen LogP contribution is -2.24. The number of nitro groups is 1. The highest BCUT2D eigenvalue weighted by Gasteiger charge is 2.29. The van der Waals surface area contributed by atoms with Gasteiger partial charge in [0.25, 0.3) is 5.69 Å². The van der Waals surface area contributed by atoms with Crippen LogP contribution in [0, 0.1) is 10.1 Å². The van der Waals surface area contributed by atoms with Crippen molar-refractivity contribution in [2.45, 2.75) is 62.8 Å². The highest BCUT2D eigenvalue weighted by molar-refractivity contribution is 7.89. The maximum absolute atomic E-state index is 12.8. The Morgan fingerprint density at radius 3 is 2.41 bits per heavy atom. The smallest absolute Gasteiger partial charge is 0.341 e. The molecule has 1 fully saturated rings. The minimum atomic E-state index is -3.73. The number of hydrogen-bond donors (Lipinski definition) is 2. The van der Waals surface area contributed by atoms with Crippen molar-refractivity contribution in [2.24, 2.45) is 0 Å². The maximum atomic E-state index is 12.8. The second-order valence-corrected chi connectivity index (χ2v) is 11.1. The van der Waals surface area contributed by atoms with E-state index in [0.717, 1.165) is 51.0 Å². The summed E-state index contributed by atoms with van der Waals surface area (Å²) in [6.07, 6.45) is 7.88. The number of unbranched alkanes of at least 4 members (excludes halogenated alkanes) is 4. The monoisotopic (exact) mass is 527 g/mol. The number of nitro benzene ring substituents is 1. The Bertz CT molecular complexity index is 1510. The van der Waals surface area contributed by atoms with E-state index in [1.165, 1.54) is 36.5 Å². The van der Waals surface area contributed by atoms with Crippen molar-refractivity contribution < 1.29 is 23.2 Å². The van der Waals surface area contributed by atoms with E-state index in [1.807, 2.05) is 0 Å². The van der Waals surface area contributed by atoms with Gasteiger partial charge >= 0.3 is 5.97 Å². The molecule has 3 aromatic rings. The Kier molecular flexibility index (Phi) is 7.74. The zero-order chi connectivity index (χ0) is 26.7. The van der Waals surface area contributed by atoms with Crippen LogP contribution >= 0.6 is 0 Å². The normalized spacial score (nSPS) is 13.6. The molecular weight excluding hydrogens is 498 g/mol. The average molecular weight is 528 g/mol. The second kappa shape index (κ2) is 10.8. The van der Waals surface area contributed by atoms with Crippen molar-refractivity contribution in [3.05, 3.63) is 68.5 Å². The van der Waals surface area contributed by atoms with Gasteiger partial charge in [-0.3, -0.25) is 14.9 Å². The van der Waals surface area contributed by atoms with Gasteiger partial charge in [0.05, 0.1) is 26.3 Å². The second-order valence-electron chi connectivity index (χ2n) is 9.30. The predicted molar refractivity (Wildman–Crippen MR) is 139 cm³/mol. The summed E-state index contributed by atoms with van der Waals surface area (Å²) in [7, 11) is -3.73. The fraction of sp³-hybridized carbons (Fsp3) is 0.385. The number of carboxylic acids is 1. The van der Waals surface area contributed by atoms with Gasteiger partial charge in [-0.2, -0.15) is 0 Å². The van der Waals surface area contributed by atoms with E-state index in [9.17, 15) is 33.2 Å². The van der Waals surface area contributed by atoms with Crippen molar-refractivity contribution in [1.29, 1.82) is 0 Å². The number of carboxylic acid groups (broad SMARTS) is 1. The standard InChI is InChI=1S/C26H29N3O7S/c1-2-3-4-5-6-13-27-37(35,36)19-11-7-17(8-12-19)20-14-23-21(15-24(20)29(33)34)25(30)22(26(31)32)16-28(23)18-9-10-18/h7-8,11-12,14-16,18,27H,2-6,9-10,13H2,1H3,(H,31,32). The van der Waals surface area contributed by atoms with E-state index in [0.29, 0.717) is 17.6 Å². The van der Waals surface area contributed by atoms with Gasteiger partial charge in [0.1, 0.15) is 5.56 Å². The minimum absolute atomic E-state index is 0.0103. The summed E-state index contributed by atoms with van der Waals surface area (Å²) in [5, 5.41) is 21.3. The van der Waals surface area contributed by atoms with Crippen molar-refractivity contribution in [3.63, 3.8) is 0 Å². The molecule has 10 nitrogen and oxygen atoms in total. The number of rotatable bonds is 12. The predicted octanol–water partition coefficient (Wildman–Crippen LogP) is 4.86. The van der Waals surface area contributed by atoms with Crippen molar-refractivity contribution in [3.8, 4) is 11.1 Å². The van der Waals surface area contributed by atoms with Gasteiger partial charge in [-0.25, -0.2) is 17.9 Å². The lowest BCUT2D eigenvalue weighted by Gasteiger charge is -2.14. The molecule has 1 saturated carbocycles. The van der Waals surface area contributed by atoms with Gasteiger partial charge in [-0.05, 0) is 43.0 Å². The number of hydrogen-bond acceptors (Lipinski definition) is 6. The number of fused-ring (bicyclic) bond motifs is 1. The lowest BCUT2D eigenvalue weighted by molar-refractivity contribution is -0.384. The van der Waals surface area contributed by atoms with Gasteiger partial charge in [0.2, 0.25) is 15.5 Å². The molecule has 1 aromatic heterocycles. The van der Waals surface area contributed by atoms with Crippen molar-refractivity contribution >= 4 is 32.6 Å². The van der Waals surface area contributed by atoms with E-state index in [1.54, 1.807) is 4.57 Å². The highest BCUT2D eigenvalue weighted by Crippen LogP contribution is 2.40. The Morgan fingerprint density at radius 1 is 1.14 bits per heavy atom. The first-order chi connectivity index (χ1) is 17.6. The van der Waals surface area contributed by atoms with Gasteiger partial charge in [0.15, 0.2) is 0 Å². The van der Waals surface area contributed by atoms with Crippen LogP contribution in [-0.4, -0.2) is 35.5 Å². The van der Waals surface area contributed by atoms with Crippen LogP contribution in [0.5, 0.6) is 0 Å². The van der Waals surface area contributed by atoms with E-state index in [4.69, 9.17) is 0 Å². The largest absolute Gasteiger partial charge is 0.477 e. The molecule has 0 radical (unpaired) electrons. The number of pyridine rings is 1. The topological polar surface area (TPSA) is 149 Å². The number of aromatic nitrogens is 1. The molecule has 0 amide bonds. The molecule has 0 atom stereocenters. The van der Waals surface area contributed by atoms with E-state index >= 15 is 0 Å². The van der Waals surface area contributed by atoms with Crippen LogP contribution in [-0.2, 0) is 10.0 Å². The average Bonchev–Trinajstić information content (AvgIpc) is 3.71. The van der Waals surface area contributed by atoms with Crippen LogP contribution < -0.4 is 10.2 Å². The number of benzene rings is 2. The van der Waals surface area contributed by atoms with Crippen molar-refractivity contribution in [2.75, 3.05) is 6.54 Å². The highest BCUT2D eigenvalue weighted by atomic mass is 32.2. The fourth-order valence-electron chi connectivity index (χ4n) is 4.41. The number of aromatic carboxylic acids is 1. The molecule has 0 bridgehead atoms. The molecule has 1 aliphatic rings. The summed E-state index contributed by atoms with van der Waals surface area (Å²) in [6, 6.07) is 8.41. The Balaban J connectivity index is 1.69. The molecule has 11 heteroatoms. The molecule has 1 aliphatic carbocycles. The zero-order valence-corrected chi connectivity index (χ0v) is 21.3. The van der Waals surface area contributed by atoms with Crippen LogP contribution in [0.2, 0.25) is 0 Å². The van der Waals surface area contributed by atoms with Crippen LogP contribution in [0.15, 0.2) is 52.3 Å². The first-order valence-corrected chi connectivity index (χ1v) is 13.8. The summed E-state index contributed by atoms with van der Waals surface area (Å²) in [6.45, 7) is 2.45. The fourth-order valence-corrected chi connectivity index (χ4v) is 5.48. The molecule has 0 unspecified atom stereocenters. The third-order valence-electron chi connectivity index (χ3n) is 6.57. The molecule has 37 heavy (non-hydrogen) atoms. The number of nitrogens with one attached hydrogen (secondary N) is 1. The van der Waals surface area contributed by atoms with Crippen LogP contribution in [0.25, 0.3) is 22.0 Å². The summed E-state index contributed by atoms with van der Waals surface area (Å²) in [5.41, 5.74) is -0.564. The number of sulfonamides is 1. The van der Waals surface area contributed by atoms with Crippen molar-refractivity contribution in [1.82, 2.24) is 9.29 Å². The summed E-state index contributed by atoms with van der Waals surface area (Å²) in [4.78, 5) is 35.7. The third kappa shape index (κ3) is 5.72. The molecule has 0 saturated heterocycles. The lowest BCUT2D eigenvalue weighted by atomic mass is 10.00. The Hall–Kier alpha value is -3.57. The molecule has 1 heterocycles. The third-order valence-corrected chi connectivity index (χ3v) is 8.04. The maximum Gasteiger partial charge on any atom is 0.341 e. The van der Waals surface area contributed by atoms with E-state index in [-0.39, 0.29) is 27.6 Å². The van der Waals surface area contributed by atoms with Crippen LogP contribution in [0.3, 0.4) is 0 Å². The van der Waals surface area contributed by atoms with Gasteiger partial charge in [-0.15, -0.1) is 0 Å². The quantitative estimate of drug-likeness (QED) is 0.194. The first kappa shape index (κ1) is 26.5. The number of nitrogens with zero attached hydrogens (tertiary/aromatic N) is 2. The van der Waals surface area contributed by atoms with Crippen LogP contribution in [0.1, 0.15) is 68.3 Å². The van der Waals surface area contributed by atoms with Crippen LogP contribution in [0.4, 0.5) is 5.69 Å².